The minimum Gasteiger partial charge on any atom is -0.383 e. The van der Waals surface area contributed by atoms with Crippen LogP contribution in [-0.4, -0.2) is 23.3 Å². The Morgan fingerprint density at radius 2 is 2.07 bits per heavy atom. The first kappa shape index (κ1) is 21.4. The number of nitrogens with zero attached hydrogens (tertiary/aromatic N) is 2. The second kappa shape index (κ2) is 8.72. The fourth-order valence-corrected chi connectivity index (χ4v) is 5.97. The Labute approximate surface area is 180 Å². The standard InChI is InChI=1S/C21H21F3N2O2S2/c1-28-10-9-26-19(27)17-15-7-2-3-8-16(15)30-18(17)25-20(26)29-12-13-5-4-6-14(11-13)21(22,23)24/h4-6,11H,2-3,7-10,12H2,1H3. The molecule has 0 radical (unpaired) electrons. The first-order valence-corrected chi connectivity index (χ1v) is 11.5. The highest BCUT2D eigenvalue weighted by molar-refractivity contribution is 7.98. The second-order valence-electron chi connectivity index (χ2n) is 7.22. The lowest BCUT2D eigenvalue weighted by Gasteiger charge is -2.13. The second-order valence-corrected chi connectivity index (χ2v) is 9.25. The van der Waals surface area contributed by atoms with Crippen LogP contribution in [0.4, 0.5) is 13.2 Å². The van der Waals surface area contributed by atoms with E-state index in [4.69, 9.17) is 9.72 Å². The lowest BCUT2D eigenvalue weighted by molar-refractivity contribution is -0.137. The van der Waals surface area contributed by atoms with Gasteiger partial charge in [0.25, 0.3) is 5.56 Å². The molecule has 30 heavy (non-hydrogen) atoms. The number of alkyl halides is 3. The van der Waals surface area contributed by atoms with Crippen LogP contribution in [0.1, 0.15) is 34.4 Å². The molecule has 0 saturated carbocycles. The van der Waals surface area contributed by atoms with E-state index in [1.54, 1.807) is 29.1 Å². The molecule has 160 valence electrons. The molecule has 0 bridgehead atoms. The summed E-state index contributed by atoms with van der Waals surface area (Å²) in [5.41, 5.74) is 0.905. The van der Waals surface area contributed by atoms with Crippen molar-refractivity contribution >= 4 is 33.3 Å². The number of ether oxygens (including phenoxy) is 1. The Balaban J connectivity index is 1.70. The number of methoxy groups -OCH3 is 1. The van der Waals surface area contributed by atoms with Crippen LogP contribution in [0.25, 0.3) is 10.2 Å². The molecule has 2 heterocycles. The number of halogens is 3. The molecule has 0 fully saturated rings. The van der Waals surface area contributed by atoms with Gasteiger partial charge in [-0.1, -0.05) is 30.0 Å². The summed E-state index contributed by atoms with van der Waals surface area (Å²) in [6.45, 7) is 0.713. The Hall–Kier alpha value is -1.84. The number of benzene rings is 1. The van der Waals surface area contributed by atoms with Gasteiger partial charge < -0.3 is 4.74 Å². The molecule has 1 aromatic carbocycles. The molecule has 0 aliphatic heterocycles. The fourth-order valence-electron chi connectivity index (χ4n) is 3.70. The van der Waals surface area contributed by atoms with E-state index in [2.05, 4.69) is 0 Å². The average molecular weight is 455 g/mol. The van der Waals surface area contributed by atoms with Crippen molar-refractivity contribution in [3.63, 3.8) is 0 Å². The van der Waals surface area contributed by atoms with Gasteiger partial charge in [0, 0.05) is 17.7 Å². The van der Waals surface area contributed by atoms with Crippen LogP contribution in [0.5, 0.6) is 0 Å². The van der Waals surface area contributed by atoms with Crippen LogP contribution in [0.15, 0.2) is 34.2 Å². The van der Waals surface area contributed by atoms with Gasteiger partial charge in [0.1, 0.15) is 4.83 Å². The van der Waals surface area contributed by atoms with Crippen LogP contribution in [0, 0.1) is 0 Å². The van der Waals surface area contributed by atoms with Crippen molar-refractivity contribution < 1.29 is 17.9 Å². The third-order valence-electron chi connectivity index (χ3n) is 5.18. The van der Waals surface area contributed by atoms with E-state index >= 15 is 0 Å². The van der Waals surface area contributed by atoms with Crippen molar-refractivity contribution in [3.05, 3.63) is 56.2 Å². The van der Waals surface area contributed by atoms with Gasteiger partial charge in [-0.2, -0.15) is 13.2 Å². The Kier molecular flexibility index (Phi) is 6.22. The number of thiophene rings is 1. The summed E-state index contributed by atoms with van der Waals surface area (Å²) >= 11 is 2.85. The van der Waals surface area contributed by atoms with E-state index in [9.17, 15) is 18.0 Å². The number of rotatable bonds is 6. The van der Waals surface area contributed by atoms with Crippen LogP contribution >= 0.6 is 23.1 Å². The van der Waals surface area contributed by atoms with Crippen molar-refractivity contribution in [2.75, 3.05) is 13.7 Å². The zero-order valence-corrected chi connectivity index (χ0v) is 18.1. The summed E-state index contributed by atoms with van der Waals surface area (Å²) in [6, 6.07) is 5.26. The normalized spacial score (nSPS) is 14.3. The Morgan fingerprint density at radius 3 is 2.83 bits per heavy atom. The molecule has 4 rings (SSSR count). The van der Waals surface area contributed by atoms with Crippen molar-refractivity contribution in [2.45, 2.75) is 49.3 Å². The molecule has 1 aliphatic carbocycles. The lowest BCUT2D eigenvalue weighted by Crippen LogP contribution is -2.25. The maximum atomic E-state index is 13.3. The van der Waals surface area contributed by atoms with Gasteiger partial charge in [-0.3, -0.25) is 9.36 Å². The largest absolute Gasteiger partial charge is 0.416 e. The van der Waals surface area contributed by atoms with Crippen LogP contribution in [0.2, 0.25) is 0 Å². The van der Waals surface area contributed by atoms with Crippen molar-refractivity contribution in [1.82, 2.24) is 9.55 Å². The van der Waals surface area contributed by atoms with E-state index in [-0.39, 0.29) is 5.56 Å². The summed E-state index contributed by atoms with van der Waals surface area (Å²) in [6.07, 6.45) is -0.320. The SMILES string of the molecule is COCCn1c(SCc2cccc(C(F)(F)F)c2)nc2sc3c(c2c1=O)CCCC3. The van der Waals surface area contributed by atoms with Gasteiger partial charge in [0.2, 0.25) is 0 Å². The highest BCUT2D eigenvalue weighted by atomic mass is 32.2. The molecule has 0 atom stereocenters. The van der Waals surface area contributed by atoms with E-state index in [0.717, 1.165) is 48.2 Å². The molecule has 0 N–H and O–H groups in total. The highest BCUT2D eigenvalue weighted by Gasteiger charge is 2.30. The predicted octanol–water partition coefficient (Wildman–Crippen LogP) is 5.29. The molecular formula is C21H21F3N2O2S2. The van der Waals surface area contributed by atoms with Gasteiger partial charge >= 0.3 is 6.18 Å². The Morgan fingerprint density at radius 1 is 1.27 bits per heavy atom. The fraction of sp³-hybridized carbons (Fsp3) is 0.429. The van der Waals surface area contributed by atoms with Crippen molar-refractivity contribution in [3.8, 4) is 0 Å². The molecule has 4 nitrogen and oxygen atoms in total. The van der Waals surface area contributed by atoms with Crippen LogP contribution in [0.3, 0.4) is 0 Å². The van der Waals surface area contributed by atoms with Gasteiger partial charge in [0.15, 0.2) is 5.16 Å². The molecule has 1 aliphatic rings. The maximum absolute atomic E-state index is 13.3. The first-order valence-electron chi connectivity index (χ1n) is 9.71. The zero-order chi connectivity index (χ0) is 21.3. The zero-order valence-electron chi connectivity index (χ0n) is 16.4. The van der Waals surface area contributed by atoms with Crippen LogP contribution < -0.4 is 5.56 Å². The van der Waals surface area contributed by atoms with Crippen molar-refractivity contribution in [1.29, 1.82) is 0 Å². The summed E-state index contributed by atoms with van der Waals surface area (Å²) in [7, 11) is 1.57. The minimum absolute atomic E-state index is 0.0806. The molecular weight excluding hydrogens is 433 g/mol. The highest BCUT2D eigenvalue weighted by Crippen LogP contribution is 2.35. The quantitative estimate of drug-likeness (QED) is 0.375. The predicted molar refractivity (Wildman–Crippen MR) is 113 cm³/mol. The lowest BCUT2D eigenvalue weighted by atomic mass is 9.97. The van der Waals surface area contributed by atoms with E-state index < -0.39 is 11.7 Å². The smallest absolute Gasteiger partial charge is 0.383 e. The first-order chi connectivity index (χ1) is 14.4. The van der Waals surface area contributed by atoms with Crippen LogP contribution in [-0.2, 0) is 36.1 Å². The van der Waals surface area contributed by atoms with Gasteiger partial charge in [-0.15, -0.1) is 11.3 Å². The minimum atomic E-state index is -4.38. The van der Waals surface area contributed by atoms with Gasteiger partial charge in [-0.05, 0) is 42.9 Å². The number of thioether (sulfide) groups is 1. The molecule has 2 aromatic heterocycles. The third-order valence-corrected chi connectivity index (χ3v) is 7.41. The number of aryl methyl sites for hydroxylation is 2. The maximum Gasteiger partial charge on any atom is 0.416 e. The number of fused-ring (bicyclic) bond motifs is 3. The molecule has 3 aromatic rings. The molecule has 9 heteroatoms. The molecule has 0 amide bonds. The average Bonchev–Trinajstić information content (AvgIpc) is 3.10. The molecule has 0 saturated heterocycles. The molecule has 0 unspecified atom stereocenters. The summed E-state index contributed by atoms with van der Waals surface area (Å²) in [5, 5.41) is 1.22. The van der Waals surface area contributed by atoms with Gasteiger partial charge in [-0.25, -0.2) is 4.98 Å². The number of aromatic nitrogens is 2. The monoisotopic (exact) mass is 454 g/mol. The Bertz CT molecular complexity index is 1120. The van der Waals surface area contributed by atoms with E-state index in [1.165, 1.54) is 22.7 Å². The van der Waals surface area contributed by atoms with Gasteiger partial charge in [0.05, 0.1) is 24.1 Å². The number of hydrogen-bond donors (Lipinski definition) is 0. The van der Waals surface area contributed by atoms with E-state index in [0.29, 0.717) is 35.0 Å². The number of hydrogen-bond acceptors (Lipinski definition) is 5. The van der Waals surface area contributed by atoms with E-state index in [1.807, 2.05) is 0 Å². The summed E-state index contributed by atoms with van der Waals surface area (Å²) in [4.78, 5) is 20.0. The summed E-state index contributed by atoms with van der Waals surface area (Å²) < 4.78 is 45.8. The molecule has 0 spiro atoms. The topological polar surface area (TPSA) is 44.1 Å². The summed E-state index contributed by atoms with van der Waals surface area (Å²) in [5.74, 6) is 0.292. The van der Waals surface area contributed by atoms with Crippen molar-refractivity contribution in [2.24, 2.45) is 0 Å². The third kappa shape index (κ3) is 4.29.